The van der Waals surface area contributed by atoms with E-state index in [-0.39, 0.29) is 0 Å². The molecule has 0 saturated heterocycles. The summed E-state index contributed by atoms with van der Waals surface area (Å²) in [4.78, 5) is 3.90. The van der Waals surface area contributed by atoms with Gasteiger partial charge in [0.1, 0.15) is 0 Å². The van der Waals surface area contributed by atoms with E-state index in [1.54, 1.807) is 11.8 Å². The topological polar surface area (TPSA) is 0 Å². The lowest BCUT2D eigenvalue weighted by atomic mass is 10.2. The van der Waals surface area contributed by atoms with Crippen molar-refractivity contribution in [2.75, 3.05) is 6.26 Å². The average molecular weight is 306 g/mol. The highest BCUT2D eigenvalue weighted by atomic mass is 79.9. The van der Waals surface area contributed by atoms with E-state index in [0.29, 0.717) is 0 Å². The van der Waals surface area contributed by atoms with Crippen molar-refractivity contribution in [3.05, 3.63) is 28.2 Å². The van der Waals surface area contributed by atoms with Crippen molar-refractivity contribution in [2.45, 2.75) is 4.90 Å². The van der Waals surface area contributed by atoms with Gasteiger partial charge >= 0.3 is 0 Å². The van der Waals surface area contributed by atoms with E-state index < -0.39 is 0 Å². The maximum absolute atomic E-state index is 3.41. The molecule has 1 aromatic carbocycles. The van der Waals surface area contributed by atoms with Gasteiger partial charge in [0, 0.05) is 30.9 Å². The highest BCUT2D eigenvalue weighted by Gasteiger charge is 1.98. The summed E-state index contributed by atoms with van der Waals surface area (Å²) in [5, 5.41) is 0. The summed E-state index contributed by atoms with van der Waals surface area (Å²) < 4.78 is 1.09. The predicted octanol–water partition coefficient (Wildman–Crippen LogP) is 3.87. The standard InChI is InChI=1S/C9H6Br2S/c1-12-9-6-8(11)3-2-7(9)4-5-10/h2-3,6H,1H3. The smallest absolute Gasteiger partial charge is 0.0390 e. The van der Waals surface area contributed by atoms with Crippen LogP contribution in [0, 0.1) is 10.8 Å². The first-order valence-corrected chi connectivity index (χ1v) is 6.04. The van der Waals surface area contributed by atoms with Gasteiger partial charge in [-0.1, -0.05) is 21.9 Å². The highest BCUT2D eigenvalue weighted by molar-refractivity contribution is 9.12. The molecule has 0 radical (unpaired) electrons. The van der Waals surface area contributed by atoms with Crippen LogP contribution in [0.2, 0.25) is 0 Å². The second-order valence-corrected chi connectivity index (χ2v) is 4.22. The summed E-state index contributed by atoms with van der Waals surface area (Å²) in [6.07, 6.45) is 2.04. The maximum Gasteiger partial charge on any atom is 0.0390 e. The second kappa shape index (κ2) is 4.96. The lowest BCUT2D eigenvalue weighted by molar-refractivity contribution is 1.40. The Morgan fingerprint density at radius 1 is 1.42 bits per heavy atom. The van der Waals surface area contributed by atoms with Crippen molar-refractivity contribution in [3.63, 3.8) is 0 Å². The molecule has 0 spiro atoms. The third kappa shape index (κ3) is 2.55. The minimum Gasteiger partial charge on any atom is -0.128 e. The van der Waals surface area contributed by atoms with E-state index >= 15 is 0 Å². The van der Waals surface area contributed by atoms with E-state index in [9.17, 15) is 0 Å². The van der Waals surface area contributed by atoms with Crippen LogP contribution < -0.4 is 0 Å². The van der Waals surface area contributed by atoms with Crippen molar-refractivity contribution in [1.29, 1.82) is 0 Å². The van der Waals surface area contributed by atoms with Crippen LogP contribution in [-0.2, 0) is 0 Å². The summed E-state index contributed by atoms with van der Waals surface area (Å²) in [6.45, 7) is 0. The van der Waals surface area contributed by atoms with Crippen molar-refractivity contribution >= 4 is 43.6 Å². The van der Waals surface area contributed by atoms with Gasteiger partial charge in [0.05, 0.1) is 0 Å². The predicted molar refractivity (Wildman–Crippen MR) is 61.7 cm³/mol. The normalized spacial score (nSPS) is 8.92. The number of benzene rings is 1. The second-order valence-electron chi connectivity index (χ2n) is 2.06. The quantitative estimate of drug-likeness (QED) is 0.560. The molecule has 62 valence electrons. The van der Waals surface area contributed by atoms with Crippen molar-refractivity contribution in [3.8, 4) is 10.8 Å². The third-order valence-electron chi connectivity index (χ3n) is 1.35. The first-order valence-electron chi connectivity index (χ1n) is 3.23. The fourth-order valence-electron chi connectivity index (χ4n) is 0.819. The zero-order chi connectivity index (χ0) is 8.97. The Balaban J connectivity index is 3.17. The summed E-state index contributed by atoms with van der Waals surface area (Å²) >= 11 is 8.20. The lowest BCUT2D eigenvalue weighted by Gasteiger charge is -2.00. The van der Waals surface area contributed by atoms with Crippen LogP contribution in [0.5, 0.6) is 0 Å². The average Bonchev–Trinajstić information content (AvgIpc) is 2.08. The van der Waals surface area contributed by atoms with Crippen LogP contribution >= 0.6 is 43.6 Å². The van der Waals surface area contributed by atoms with Crippen molar-refractivity contribution in [2.24, 2.45) is 0 Å². The molecule has 12 heavy (non-hydrogen) atoms. The Bertz CT molecular complexity index is 336. The fourth-order valence-corrected chi connectivity index (χ4v) is 2.13. The summed E-state index contributed by atoms with van der Waals surface area (Å²) in [5.41, 5.74) is 1.06. The molecule has 0 aliphatic heterocycles. The Labute approximate surface area is 93.4 Å². The Kier molecular flexibility index (Phi) is 4.20. The van der Waals surface area contributed by atoms with Crippen LogP contribution in [0.15, 0.2) is 27.6 Å². The van der Waals surface area contributed by atoms with Gasteiger partial charge in [0.2, 0.25) is 0 Å². The van der Waals surface area contributed by atoms with Gasteiger partial charge in [0.25, 0.3) is 0 Å². The van der Waals surface area contributed by atoms with Crippen molar-refractivity contribution in [1.82, 2.24) is 0 Å². The van der Waals surface area contributed by atoms with Gasteiger partial charge in [-0.05, 0) is 29.3 Å². The summed E-state index contributed by atoms with van der Waals surface area (Å²) in [6, 6.07) is 6.06. The molecule has 0 heterocycles. The molecule has 0 bridgehead atoms. The zero-order valence-electron chi connectivity index (χ0n) is 6.40. The van der Waals surface area contributed by atoms with Crippen LogP contribution in [0.25, 0.3) is 0 Å². The minimum absolute atomic E-state index is 1.06. The van der Waals surface area contributed by atoms with Crippen LogP contribution in [0.1, 0.15) is 5.56 Å². The molecule has 1 rings (SSSR count). The summed E-state index contributed by atoms with van der Waals surface area (Å²) in [7, 11) is 0. The SMILES string of the molecule is CSc1cc(Br)ccc1C#CBr. The number of thioether (sulfide) groups is 1. The lowest BCUT2D eigenvalue weighted by Crippen LogP contribution is -1.79. The third-order valence-corrected chi connectivity index (χ3v) is 2.81. The van der Waals surface area contributed by atoms with Gasteiger partial charge in [-0.3, -0.25) is 0 Å². The first-order chi connectivity index (χ1) is 5.77. The molecule has 0 unspecified atom stereocenters. The van der Waals surface area contributed by atoms with E-state index in [1.165, 1.54) is 4.90 Å². The molecule has 0 nitrogen and oxygen atoms in total. The Morgan fingerprint density at radius 2 is 2.17 bits per heavy atom. The van der Waals surface area contributed by atoms with Gasteiger partial charge in [-0.25, -0.2) is 0 Å². The molecular weight excluding hydrogens is 300 g/mol. The van der Waals surface area contributed by atoms with Gasteiger partial charge in [0.15, 0.2) is 0 Å². The van der Waals surface area contributed by atoms with E-state index in [0.717, 1.165) is 10.0 Å². The Hall–Kier alpha value is 0.0900. The zero-order valence-corrected chi connectivity index (χ0v) is 10.4. The molecule has 3 heteroatoms. The van der Waals surface area contributed by atoms with E-state index in [1.807, 2.05) is 18.4 Å². The first kappa shape index (κ1) is 10.2. The maximum atomic E-state index is 3.41. The number of hydrogen-bond donors (Lipinski definition) is 0. The molecular formula is C9H6Br2S. The molecule has 1 aromatic rings. The number of halogens is 2. The Morgan fingerprint density at radius 3 is 2.75 bits per heavy atom. The van der Waals surface area contributed by atoms with Crippen molar-refractivity contribution < 1.29 is 0 Å². The fraction of sp³-hybridized carbons (Fsp3) is 0.111. The molecule has 0 aliphatic carbocycles. The molecule has 0 saturated carbocycles. The van der Waals surface area contributed by atoms with Crippen LogP contribution in [0.4, 0.5) is 0 Å². The summed E-state index contributed by atoms with van der Waals surface area (Å²) in [5.74, 6) is 2.98. The van der Waals surface area contributed by atoms with E-state index in [2.05, 4.69) is 48.7 Å². The van der Waals surface area contributed by atoms with E-state index in [4.69, 9.17) is 0 Å². The minimum atomic E-state index is 1.06. The molecule has 0 N–H and O–H groups in total. The molecule has 0 amide bonds. The van der Waals surface area contributed by atoms with Gasteiger partial charge in [-0.15, -0.1) is 11.8 Å². The molecule has 0 fully saturated rings. The highest BCUT2D eigenvalue weighted by Crippen LogP contribution is 2.23. The van der Waals surface area contributed by atoms with Gasteiger partial charge in [-0.2, -0.15) is 0 Å². The monoisotopic (exact) mass is 304 g/mol. The number of rotatable bonds is 1. The largest absolute Gasteiger partial charge is 0.128 e. The van der Waals surface area contributed by atoms with Gasteiger partial charge < -0.3 is 0 Å². The molecule has 0 aromatic heterocycles. The molecule has 0 atom stereocenters. The molecule has 0 aliphatic rings. The van der Waals surface area contributed by atoms with Crippen LogP contribution in [-0.4, -0.2) is 6.26 Å². The van der Waals surface area contributed by atoms with Crippen LogP contribution in [0.3, 0.4) is 0 Å². The number of hydrogen-bond acceptors (Lipinski definition) is 1.